The number of benzene rings is 1. The molecular formula is C12H5F6N3O5S. The quantitative estimate of drug-likeness (QED) is 0.195. The van der Waals surface area contributed by atoms with Crippen molar-refractivity contribution in [1.82, 2.24) is 0 Å². The average Bonchev–Trinajstić information content (AvgIpc) is 2.54. The van der Waals surface area contributed by atoms with Crippen LogP contribution in [0.25, 0.3) is 0 Å². The maximum Gasteiger partial charge on any atom is 0.455 e. The highest BCUT2D eigenvalue weighted by molar-refractivity contribution is 7.54. The molecule has 0 fully saturated rings. The highest BCUT2D eigenvalue weighted by Gasteiger charge is 2.46. The largest absolute Gasteiger partial charge is 0.504 e. The van der Waals surface area contributed by atoms with Crippen molar-refractivity contribution in [3.05, 3.63) is 39.6 Å². The van der Waals surface area contributed by atoms with Crippen LogP contribution in [0.5, 0.6) is 0 Å². The molecule has 0 bridgehead atoms. The Morgan fingerprint density at radius 2 is 1.74 bits per heavy atom. The normalized spacial score (nSPS) is 13.3. The number of nitro benzene ring substituents is 1. The molecule has 0 aliphatic carbocycles. The summed E-state index contributed by atoms with van der Waals surface area (Å²) in [6.45, 7) is 0. The lowest BCUT2D eigenvalue weighted by Gasteiger charge is -2.11. The van der Waals surface area contributed by atoms with Gasteiger partial charge >= 0.3 is 12.4 Å². The number of aliphatic imine (C=N–C) groups is 1. The van der Waals surface area contributed by atoms with Crippen LogP contribution in [-0.2, 0) is 16.3 Å². The minimum Gasteiger partial charge on any atom is -0.504 e. The predicted octanol–water partition coefficient (Wildman–Crippen LogP) is 3.83. The van der Waals surface area contributed by atoms with E-state index in [0.29, 0.717) is 6.07 Å². The molecule has 15 heteroatoms. The molecule has 0 aliphatic heterocycles. The lowest BCUT2D eigenvalue weighted by atomic mass is 10.1. The Labute approximate surface area is 148 Å². The molecule has 1 aromatic rings. The number of halogens is 6. The maximum absolute atomic E-state index is 12.5. The van der Waals surface area contributed by atoms with E-state index in [1.165, 1.54) is 0 Å². The number of non-ortho nitro benzene ring substituents is 1. The number of carbonyl (C=O) groups excluding carboxylic acids is 1. The first kappa shape index (κ1) is 21.9. The van der Waals surface area contributed by atoms with Crippen molar-refractivity contribution < 1.29 is 45.4 Å². The molecule has 0 radical (unpaired) electrons. The fourth-order valence-electron chi connectivity index (χ4n) is 1.51. The molecule has 0 unspecified atom stereocenters. The third-order valence-corrected chi connectivity index (χ3v) is 2.94. The number of nitrogens with zero attached hydrogens (tertiary/aromatic N) is 3. The third-order valence-electron chi connectivity index (χ3n) is 2.66. The van der Waals surface area contributed by atoms with E-state index in [2.05, 4.69) is 9.36 Å². The van der Waals surface area contributed by atoms with Crippen LogP contribution in [-0.4, -0.2) is 38.6 Å². The summed E-state index contributed by atoms with van der Waals surface area (Å²) in [5.74, 6) is -5.87. The Kier molecular flexibility index (Phi) is 6.56. The summed E-state index contributed by atoms with van der Waals surface area (Å²) in [7, 11) is 0. The second-order valence-corrected chi connectivity index (χ2v) is 4.77. The standard InChI is InChI=1S/C12H5F6N3O5S/c13-11(14,15)9(22)6(10(23)12(16,17)18)4-19-7-2-1-5(21(24)25)3-8(7)20-27-26/h1-4,22H/b9-6+,19-4?. The molecule has 0 aliphatic rings. The number of Topliss-reactive ketones (excluding diaryl/α,β-unsaturated/α-hetero) is 1. The van der Waals surface area contributed by atoms with E-state index in [9.17, 15) is 45.5 Å². The molecule has 0 aromatic heterocycles. The van der Waals surface area contributed by atoms with Gasteiger partial charge in [0, 0.05) is 18.3 Å². The van der Waals surface area contributed by atoms with Gasteiger partial charge in [0.25, 0.3) is 11.5 Å². The number of nitro groups is 1. The number of hydrogen-bond acceptors (Lipinski definition) is 7. The minimum absolute atomic E-state index is 0.228. The van der Waals surface area contributed by atoms with Crippen molar-refractivity contribution >= 4 is 40.5 Å². The molecule has 1 rings (SSSR count). The Bertz CT molecular complexity index is 886. The van der Waals surface area contributed by atoms with Gasteiger partial charge in [0.2, 0.25) is 17.2 Å². The van der Waals surface area contributed by atoms with Crippen molar-refractivity contribution in [1.29, 1.82) is 0 Å². The summed E-state index contributed by atoms with van der Waals surface area (Å²) < 4.78 is 88.5. The van der Waals surface area contributed by atoms with Gasteiger partial charge in [-0.3, -0.25) is 19.9 Å². The molecular weight excluding hydrogens is 412 g/mol. The van der Waals surface area contributed by atoms with Crippen LogP contribution < -0.4 is 0 Å². The molecule has 0 spiro atoms. The van der Waals surface area contributed by atoms with Gasteiger partial charge in [-0.05, 0) is 6.07 Å². The number of ketones is 1. The highest BCUT2D eigenvalue weighted by atomic mass is 32.1. The maximum atomic E-state index is 12.5. The number of allylic oxidation sites excluding steroid dienone is 2. The smallest absolute Gasteiger partial charge is 0.455 e. The van der Waals surface area contributed by atoms with E-state index in [0.717, 1.165) is 12.1 Å². The van der Waals surface area contributed by atoms with Crippen molar-refractivity contribution in [2.24, 2.45) is 9.36 Å². The Hall–Kier alpha value is -3.10. The molecule has 1 N–H and O–H groups in total. The zero-order valence-electron chi connectivity index (χ0n) is 12.4. The van der Waals surface area contributed by atoms with E-state index in [4.69, 9.17) is 5.11 Å². The van der Waals surface area contributed by atoms with Gasteiger partial charge in [-0.2, -0.15) is 34.9 Å². The van der Waals surface area contributed by atoms with Crippen LogP contribution >= 0.6 is 0 Å². The molecule has 8 nitrogen and oxygen atoms in total. The summed E-state index contributed by atoms with van der Waals surface area (Å²) in [4.78, 5) is 24.0. The second-order valence-electron chi connectivity index (χ2n) is 4.44. The van der Waals surface area contributed by atoms with E-state index in [1.54, 1.807) is 0 Å². The van der Waals surface area contributed by atoms with E-state index in [1.807, 2.05) is 0 Å². The van der Waals surface area contributed by atoms with Gasteiger partial charge < -0.3 is 5.11 Å². The Morgan fingerprint density at radius 3 is 2.19 bits per heavy atom. The Morgan fingerprint density at radius 1 is 1.15 bits per heavy atom. The monoisotopic (exact) mass is 417 g/mol. The Balaban J connectivity index is 3.55. The predicted molar refractivity (Wildman–Crippen MR) is 78.3 cm³/mol. The van der Waals surface area contributed by atoms with Crippen LogP contribution in [0.2, 0.25) is 0 Å². The zero-order chi connectivity index (χ0) is 21.0. The number of hydrogen-bond donors (Lipinski definition) is 1. The molecule has 0 heterocycles. The number of aliphatic hydroxyl groups is 1. The summed E-state index contributed by atoms with van der Waals surface area (Å²) in [5, 5.41) is 19.6. The van der Waals surface area contributed by atoms with Crippen LogP contribution in [0.4, 0.5) is 43.4 Å². The van der Waals surface area contributed by atoms with E-state index >= 15 is 0 Å². The number of aliphatic hydroxyl groups excluding tert-OH is 1. The second kappa shape index (κ2) is 8.07. The van der Waals surface area contributed by atoms with Gasteiger partial charge in [0.05, 0.1) is 16.2 Å². The average molecular weight is 417 g/mol. The minimum atomic E-state index is -5.76. The summed E-state index contributed by atoms with van der Waals surface area (Å²) in [6, 6.07) is 2.22. The summed E-state index contributed by atoms with van der Waals surface area (Å²) >= 11 is -0.465. The van der Waals surface area contributed by atoms with Gasteiger partial charge in [-0.15, -0.1) is 0 Å². The van der Waals surface area contributed by atoms with Gasteiger partial charge in [-0.1, -0.05) is 0 Å². The molecule has 27 heavy (non-hydrogen) atoms. The first-order valence-corrected chi connectivity index (χ1v) is 6.93. The van der Waals surface area contributed by atoms with Gasteiger partial charge in [0.15, 0.2) is 0 Å². The lowest BCUT2D eigenvalue weighted by Crippen LogP contribution is -2.29. The van der Waals surface area contributed by atoms with Crippen molar-refractivity contribution in [2.75, 3.05) is 0 Å². The molecule has 0 saturated carbocycles. The summed E-state index contributed by atoms with van der Waals surface area (Å²) in [5.41, 5.74) is -3.92. The fraction of sp³-hybridized carbons (Fsp3) is 0.167. The van der Waals surface area contributed by atoms with Crippen molar-refractivity contribution in [2.45, 2.75) is 12.4 Å². The number of rotatable bonds is 5. The molecule has 146 valence electrons. The third kappa shape index (κ3) is 5.70. The van der Waals surface area contributed by atoms with Crippen LogP contribution in [0.1, 0.15) is 0 Å². The molecule has 0 atom stereocenters. The van der Waals surface area contributed by atoms with Gasteiger partial charge in [0.1, 0.15) is 5.69 Å². The highest BCUT2D eigenvalue weighted by Crippen LogP contribution is 2.33. The van der Waals surface area contributed by atoms with E-state index in [-0.39, 0.29) is 6.21 Å². The first-order valence-electron chi connectivity index (χ1n) is 6.23. The topological polar surface area (TPSA) is 122 Å². The number of alkyl halides is 6. The van der Waals surface area contributed by atoms with Gasteiger partial charge in [-0.25, -0.2) is 0 Å². The molecule has 1 aromatic carbocycles. The zero-order valence-corrected chi connectivity index (χ0v) is 13.2. The van der Waals surface area contributed by atoms with Crippen LogP contribution in [0.15, 0.2) is 38.9 Å². The first-order chi connectivity index (χ1) is 12.3. The molecule has 0 saturated heterocycles. The summed E-state index contributed by atoms with van der Waals surface area (Å²) in [6.07, 6.45) is -11.7. The number of carbonyl (C=O) groups is 1. The molecule has 0 amide bonds. The van der Waals surface area contributed by atoms with Crippen LogP contribution in [0.3, 0.4) is 0 Å². The van der Waals surface area contributed by atoms with Crippen LogP contribution in [0, 0.1) is 10.1 Å². The fourth-order valence-corrected chi connectivity index (χ4v) is 1.74. The SMILES string of the molecule is O=S=Nc1cc([N+](=O)[O-])ccc1N=C/C(C(=O)C(F)(F)F)=C(\O)C(F)(F)F. The van der Waals surface area contributed by atoms with E-state index < -0.39 is 62.9 Å². The van der Waals surface area contributed by atoms with Crippen molar-refractivity contribution in [3.63, 3.8) is 0 Å². The lowest BCUT2D eigenvalue weighted by molar-refractivity contribution is -0.384. The van der Waals surface area contributed by atoms with Crippen molar-refractivity contribution in [3.8, 4) is 0 Å².